The van der Waals surface area contributed by atoms with Gasteiger partial charge >= 0.3 is 0 Å². The Balaban J connectivity index is 0.00000210. The van der Waals surface area contributed by atoms with E-state index >= 15 is 0 Å². The Morgan fingerprint density at radius 3 is 2.93 bits per heavy atom. The zero-order valence-corrected chi connectivity index (χ0v) is 16.3. The van der Waals surface area contributed by atoms with E-state index in [1.165, 1.54) is 0 Å². The fourth-order valence-corrected chi connectivity index (χ4v) is 3.40. The van der Waals surface area contributed by atoms with Crippen LogP contribution in [0.3, 0.4) is 0 Å². The van der Waals surface area contributed by atoms with Gasteiger partial charge in [-0.05, 0) is 29.8 Å². The maximum Gasteiger partial charge on any atom is 0.253 e. The van der Waals surface area contributed by atoms with Gasteiger partial charge in [0.2, 0.25) is 5.95 Å². The normalized spacial score (nSPS) is 12.7. The van der Waals surface area contributed by atoms with Gasteiger partial charge < -0.3 is 15.2 Å². The van der Waals surface area contributed by atoms with Crippen LogP contribution in [0.4, 0.5) is 5.95 Å². The lowest BCUT2D eigenvalue weighted by Crippen LogP contribution is -2.31. The Morgan fingerprint density at radius 1 is 1.30 bits per heavy atom. The minimum Gasteiger partial charge on any atom is -0.352 e. The van der Waals surface area contributed by atoms with Gasteiger partial charge in [0, 0.05) is 43.5 Å². The number of carbonyl (C=O) groups is 1. The van der Waals surface area contributed by atoms with Crippen LogP contribution in [0.5, 0.6) is 0 Å². The summed E-state index contributed by atoms with van der Waals surface area (Å²) in [6.45, 7) is 1.25. The SMILES string of the molecule is Cl.Cn1c(-c2ccnc(NCc3cccc(Cl)c3)n2)cc2c1CCNC2=O. The van der Waals surface area contributed by atoms with Crippen molar-refractivity contribution in [2.75, 3.05) is 11.9 Å². The van der Waals surface area contributed by atoms with Crippen molar-refractivity contribution in [3.63, 3.8) is 0 Å². The number of carbonyl (C=O) groups excluding carboxylic acids is 1. The Bertz CT molecular complexity index is 986. The van der Waals surface area contributed by atoms with E-state index in [1.807, 2.05) is 48.0 Å². The third kappa shape index (κ3) is 3.91. The van der Waals surface area contributed by atoms with Crippen molar-refractivity contribution in [2.24, 2.45) is 7.05 Å². The summed E-state index contributed by atoms with van der Waals surface area (Å²) in [5.41, 5.74) is 4.49. The van der Waals surface area contributed by atoms with Crippen LogP contribution in [0.1, 0.15) is 21.6 Å². The van der Waals surface area contributed by atoms with Gasteiger partial charge in [-0.2, -0.15) is 0 Å². The lowest BCUT2D eigenvalue weighted by atomic mass is 10.1. The van der Waals surface area contributed by atoms with Crippen LogP contribution in [0, 0.1) is 0 Å². The van der Waals surface area contributed by atoms with Gasteiger partial charge in [-0.25, -0.2) is 9.97 Å². The molecule has 0 saturated heterocycles. The molecular weight excluding hydrogens is 385 g/mol. The third-order valence-corrected chi connectivity index (χ3v) is 4.74. The molecule has 27 heavy (non-hydrogen) atoms. The van der Waals surface area contributed by atoms with E-state index < -0.39 is 0 Å². The molecule has 6 nitrogen and oxygen atoms in total. The summed E-state index contributed by atoms with van der Waals surface area (Å²) >= 11 is 6.02. The molecule has 0 saturated carbocycles. The largest absolute Gasteiger partial charge is 0.352 e. The number of nitrogens with zero attached hydrogens (tertiary/aromatic N) is 3. The number of nitrogens with one attached hydrogen (secondary N) is 2. The van der Waals surface area contributed by atoms with Gasteiger partial charge in [-0.3, -0.25) is 4.79 Å². The fourth-order valence-electron chi connectivity index (χ4n) is 3.19. The molecule has 140 valence electrons. The van der Waals surface area contributed by atoms with Crippen LogP contribution < -0.4 is 10.6 Å². The molecule has 0 spiro atoms. The molecular formula is C19H19Cl2N5O. The summed E-state index contributed by atoms with van der Waals surface area (Å²) in [5, 5.41) is 6.80. The monoisotopic (exact) mass is 403 g/mol. The highest BCUT2D eigenvalue weighted by Crippen LogP contribution is 2.26. The summed E-state index contributed by atoms with van der Waals surface area (Å²) in [5.74, 6) is 0.507. The van der Waals surface area contributed by atoms with Gasteiger partial charge in [-0.1, -0.05) is 23.7 Å². The topological polar surface area (TPSA) is 71.8 Å². The van der Waals surface area contributed by atoms with Gasteiger partial charge in [0.15, 0.2) is 0 Å². The van der Waals surface area contributed by atoms with Crippen molar-refractivity contribution in [3.05, 3.63) is 64.4 Å². The summed E-state index contributed by atoms with van der Waals surface area (Å²) in [6.07, 6.45) is 2.54. The molecule has 8 heteroatoms. The highest BCUT2D eigenvalue weighted by molar-refractivity contribution is 6.30. The maximum absolute atomic E-state index is 12.1. The zero-order valence-electron chi connectivity index (χ0n) is 14.7. The van der Waals surface area contributed by atoms with Crippen LogP contribution in [-0.4, -0.2) is 27.0 Å². The Hall–Kier alpha value is -2.57. The van der Waals surface area contributed by atoms with Crippen molar-refractivity contribution in [1.29, 1.82) is 0 Å². The minimum absolute atomic E-state index is 0. The summed E-state index contributed by atoms with van der Waals surface area (Å²) in [4.78, 5) is 20.9. The molecule has 1 aromatic carbocycles. The third-order valence-electron chi connectivity index (χ3n) is 4.51. The number of fused-ring (bicyclic) bond motifs is 1. The van der Waals surface area contributed by atoms with E-state index in [1.54, 1.807) is 6.20 Å². The standard InChI is InChI=1S/C19H18ClN5O.ClH/c1-25-16-6-8-21-18(26)14(16)10-17(25)15-5-7-22-19(24-15)23-11-12-3-2-4-13(20)9-12;/h2-5,7,9-10H,6,8,11H2,1H3,(H,21,26)(H,22,23,24);1H. The van der Waals surface area contributed by atoms with Crippen molar-refractivity contribution >= 4 is 35.9 Å². The number of rotatable bonds is 4. The van der Waals surface area contributed by atoms with Gasteiger partial charge in [0.1, 0.15) is 0 Å². The number of aromatic nitrogens is 3. The maximum atomic E-state index is 12.1. The molecule has 0 aliphatic carbocycles. The van der Waals surface area contributed by atoms with E-state index in [0.29, 0.717) is 24.1 Å². The lowest BCUT2D eigenvalue weighted by Gasteiger charge is -2.14. The van der Waals surface area contributed by atoms with E-state index in [2.05, 4.69) is 20.6 Å². The zero-order chi connectivity index (χ0) is 18.1. The van der Waals surface area contributed by atoms with Gasteiger partial charge in [-0.15, -0.1) is 12.4 Å². The highest BCUT2D eigenvalue weighted by Gasteiger charge is 2.23. The molecule has 0 fully saturated rings. The average Bonchev–Trinajstić information content (AvgIpc) is 2.99. The number of halogens is 2. The van der Waals surface area contributed by atoms with Crippen LogP contribution >= 0.6 is 24.0 Å². The molecule has 4 rings (SSSR count). The molecule has 2 N–H and O–H groups in total. The first kappa shape index (κ1) is 19.2. The molecule has 1 aliphatic rings. The molecule has 2 aromatic heterocycles. The van der Waals surface area contributed by atoms with Crippen LogP contribution in [0.25, 0.3) is 11.4 Å². The molecule has 3 heterocycles. The first-order valence-corrected chi connectivity index (χ1v) is 8.78. The van der Waals surface area contributed by atoms with Crippen LogP contribution in [0.2, 0.25) is 5.02 Å². The molecule has 1 aliphatic heterocycles. The summed E-state index contributed by atoms with van der Waals surface area (Å²) in [6, 6.07) is 11.4. The number of hydrogen-bond donors (Lipinski definition) is 2. The second-order valence-corrected chi connectivity index (χ2v) is 6.64. The van der Waals surface area contributed by atoms with Crippen molar-refractivity contribution in [3.8, 4) is 11.4 Å². The molecule has 0 bridgehead atoms. The number of anilines is 1. The highest BCUT2D eigenvalue weighted by atomic mass is 35.5. The fraction of sp³-hybridized carbons (Fsp3) is 0.211. The second kappa shape index (κ2) is 7.98. The number of hydrogen-bond acceptors (Lipinski definition) is 4. The smallest absolute Gasteiger partial charge is 0.253 e. The Labute approximate surface area is 168 Å². The lowest BCUT2D eigenvalue weighted by molar-refractivity contribution is 0.0945. The molecule has 0 unspecified atom stereocenters. The van der Waals surface area contributed by atoms with Crippen molar-refractivity contribution < 1.29 is 4.79 Å². The summed E-state index contributed by atoms with van der Waals surface area (Å²) < 4.78 is 2.04. The van der Waals surface area contributed by atoms with E-state index in [-0.39, 0.29) is 18.3 Å². The average molecular weight is 404 g/mol. The predicted octanol–water partition coefficient (Wildman–Crippen LogP) is 3.46. The minimum atomic E-state index is -0.0264. The van der Waals surface area contributed by atoms with Crippen molar-refractivity contribution in [1.82, 2.24) is 19.9 Å². The first-order valence-electron chi connectivity index (χ1n) is 8.40. The van der Waals surface area contributed by atoms with E-state index in [4.69, 9.17) is 11.6 Å². The molecule has 0 radical (unpaired) electrons. The second-order valence-electron chi connectivity index (χ2n) is 6.20. The number of benzene rings is 1. The number of amides is 1. The van der Waals surface area contributed by atoms with Crippen molar-refractivity contribution in [2.45, 2.75) is 13.0 Å². The van der Waals surface area contributed by atoms with Gasteiger partial charge in [0.05, 0.1) is 17.0 Å². The first-order chi connectivity index (χ1) is 12.6. The molecule has 3 aromatic rings. The molecule has 1 amide bonds. The Morgan fingerprint density at radius 2 is 2.15 bits per heavy atom. The van der Waals surface area contributed by atoms with Crippen LogP contribution in [-0.2, 0) is 20.0 Å². The van der Waals surface area contributed by atoms with E-state index in [9.17, 15) is 4.79 Å². The van der Waals surface area contributed by atoms with Crippen LogP contribution in [0.15, 0.2) is 42.6 Å². The predicted molar refractivity (Wildman–Crippen MR) is 109 cm³/mol. The molecule has 0 atom stereocenters. The summed E-state index contributed by atoms with van der Waals surface area (Å²) in [7, 11) is 1.97. The van der Waals surface area contributed by atoms with E-state index in [0.717, 1.165) is 34.6 Å². The quantitative estimate of drug-likeness (QED) is 0.699. The Kier molecular flexibility index (Phi) is 5.68. The van der Waals surface area contributed by atoms with Gasteiger partial charge in [0.25, 0.3) is 5.91 Å².